The molecule has 1 aromatic rings. The van der Waals surface area contributed by atoms with Crippen molar-refractivity contribution in [1.29, 1.82) is 0 Å². The highest BCUT2D eigenvalue weighted by atomic mass is 16.5. The number of hydrogen-bond acceptors (Lipinski definition) is 4. The van der Waals surface area contributed by atoms with Crippen LogP contribution < -0.4 is 9.47 Å². The smallest absolute Gasteiger partial charge is 0.330 e. The minimum Gasteiger partial charge on any atom is -0.493 e. The van der Waals surface area contributed by atoms with Crippen molar-refractivity contribution in [2.75, 3.05) is 20.8 Å². The predicted octanol–water partition coefficient (Wildman–Crippen LogP) is 2.59. The SMILES string of the molecule is CCOC(=O)/C=C/c1ccc(C)c(OC)c1OC. The number of ether oxygens (including phenoxy) is 3. The van der Waals surface area contributed by atoms with Crippen molar-refractivity contribution in [3.05, 3.63) is 29.3 Å². The Morgan fingerprint density at radius 3 is 2.44 bits per heavy atom. The van der Waals surface area contributed by atoms with E-state index < -0.39 is 0 Å². The third-order valence-corrected chi connectivity index (χ3v) is 2.43. The third kappa shape index (κ3) is 3.26. The van der Waals surface area contributed by atoms with Crippen LogP contribution in [-0.2, 0) is 9.53 Å². The van der Waals surface area contributed by atoms with Gasteiger partial charge >= 0.3 is 5.97 Å². The number of methoxy groups -OCH3 is 2. The van der Waals surface area contributed by atoms with Gasteiger partial charge in [0.25, 0.3) is 0 Å². The van der Waals surface area contributed by atoms with Crippen molar-refractivity contribution in [3.8, 4) is 11.5 Å². The van der Waals surface area contributed by atoms with Gasteiger partial charge in [0, 0.05) is 11.6 Å². The van der Waals surface area contributed by atoms with E-state index in [2.05, 4.69) is 0 Å². The summed E-state index contributed by atoms with van der Waals surface area (Å²) < 4.78 is 15.4. The zero-order valence-electron chi connectivity index (χ0n) is 11.1. The Morgan fingerprint density at radius 1 is 1.22 bits per heavy atom. The summed E-state index contributed by atoms with van der Waals surface area (Å²) in [6, 6.07) is 3.78. The second kappa shape index (κ2) is 6.69. The van der Waals surface area contributed by atoms with E-state index in [0.29, 0.717) is 18.1 Å². The summed E-state index contributed by atoms with van der Waals surface area (Å²) >= 11 is 0. The first-order valence-corrected chi connectivity index (χ1v) is 5.70. The average Bonchev–Trinajstić information content (AvgIpc) is 2.37. The van der Waals surface area contributed by atoms with E-state index in [1.165, 1.54) is 6.08 Å². The molecule has 0 saturated carbocycles. The van der Waals surface area contributed by atoms with Crippen molar-refractivity contribution < 1.29 is 19.0 Å². The molecular formula is C14H18O4. The molecule has 1 aromatic carbocycles. The maximum atomic E-state index is 11.3. The molecule has 0 N–H and O–H groups in total. The highest BCUT2D eigenvalue weighted by Crippen LogP contribution is 2.34. The van der Waals surface area contributed by atoms with Crippen molar-refractivity contribution in [3.63, 3.8) is 0 Å². The van der Waals surface area contributed by atoms with Crippen LogP contribution in [0.4, 0.5) is 0 Å². The molecule has 0 fully saturated rings. The van der Waals surface area contributed by atoms with Crippen molar-refractivity contribution >= 4 is 12.0 Å². The maximum absolute atomic E-state index is 11.3. The number of carbonyl (C=O) groups is 1. The first kappa shape index (κ1) is 14.1. The molecule has 0 aliphatic heterocycles. The summed E-state index contributed by atoms with van der Waals surface area (Å²) in [5.41, 5.74) is 1.75. The third-order valence-electron chi connectivity index (χ3n) is 2.43. The van der Waals surface area contributed by atoms with Gasteiger partial charge in [0.2, 0.25) is 0 Å². The van der Waals surface area contributed by atoms with Gasteiger partial charge in [-0.2, -0.15) is 0 Å². The fourth-order valence-corrected chi connectivity index (χ4v) is 1.62. The van der Waals surface area contributed by atoms with E-state index >= 15 is 0 Å². The molecule has 0 amide bonds. The average molecular weight is 250 g/mol. The van der Waals surface area contributed by atoms with Gasteiger partial charge in [-0.3, -0.25) is 0 Å². The van der Waals surface area contributed by atoms with Gasteiger partial charge < -0.3 is 14.2 Å². The minimum atomic E-state index is -0.376. The van der Waals surface area contributed by atoms with Crippen LogP contribution in [-0.4, -0.2) is 26.8 Å². The zero-order valence-corrected chi connectivity index (χ0v) is 11.1. The molecule has 18 heavy (non-hydrogen) atoms. The van der Waals surface area contributed by atoms with Crippen LogP contribution in [0, 0.1) is 6.92 Å². The molecule has 0 bridgehead atoms. The summed E-state index contributed by atoms with van der Waals surface area (Å²) in [6.07, 6.45) is 3.02. The van der Waals surface area contributed by atoms with Gasteiger partial charge in [-0.05, 0) is 25.5 Å². The van der Waals surface area contributed by atoms with Crippen LogP contribution in [0.15, 0.2) is 18.2 Å². The summed E-state index contributed by atoms with van der Waals surface area (Å²) in [7, 11) is 3.16. The van der Waals surface area contributed by atoms with Gasteiger partial charge in [0.05, 0.1) is 20.8 Å². The number of aryl methyl sites for hydroxylation is 1. The molecule has 0 atom stereocenters. The second-order valence-electron chi connectivity index (χ2n) is 3.62. The Bertz CT molecular complexity index is 449. The van der Waals surface area contributed by atoms with E-state index in [-0.39, 0.29) is 5.97 Å². The van der Waals surface area contributed by atoms with Crippen LogP contribution in [0.1, 0.15) is 18.1 Å². The summed E-state index contributed by atoms with van der Waals surface area (Å²) in [6.45, 7) is 4.05. The van der Waals surface area contributed by atoms with Crippen LogP contribution >= 0.6 is 0 Å². The number of hydrogen-bond donors (Lipinski definition) is 0. The van der Waals surface area contributed by atoms with Crippen molar-refractivity contribution in [2.45, 2.75) is 13.8 Å². The number of rotatable bonds is 5. The Kier molecular flexibility index (Phi) is 5.24. The topological polar surface area (TPSA) is 44.8 Å². The normalized spacial score (nSPS) is 10.4. The monoisotopic (exact) mass is 250 g/mol. The molecule has 0 saturated heterocycles. The Morgan fingerprint density at radius 2 is 1.89 bits per heavy atom. The molecule has 1 rings (SSSR count). The highest BCUT2D eigenvalue weighted by Gasteiger charge is 2.10. The van der Waals surface area contributed by atoms with Crippen LogP contribution in [0.2, 0.25) is 0 Å². The summed E-state index contributed by atoms with van der Waals surface area (Å²) in [5.74, 6) is 0.903. The molecule has 0 aliphatic carbocycles. The molecule has 4 heteroatoms. The molecule has 0 aromatic heterocycles. The fourth-order valence-electron chi connectivity index (χ4n) is 1.62. The number of benzene rings is 1. The van der Waals surface area contributed by atoms with Gasteiger partial charge in [-0.1, -0.05) is 12.1 Å². The van der Waals surface area contributed by atoms with Crippen molar-refractivity contribution in [2.24, 2.45) is 0 Å². The molecule has 0 aliphatic rings. The van der Waals surface area contributed by atoms with Gasteiger partial charge in [0.1, 0.15) is 0 Å². The van der Waals surface area contributed by atoms with E-state index in [1.54, 1.807) is 27.2 Å². The van der Waals surface area contributed by atoms with Gasteiger partial charge in [-0.15, -0.1) is 0 Å². The first-order valence-electron chi connectivity index (χ1n) is 5.70. The Balaban J connectivity index is 3.06. The fraction of sp³-hybridized carbons (Fsp3) is 0.357. The molecule has 4 nitrogen and oxygen atoms in total. The molecule has 0 unspecified atom stereocenters. The lowest BCUT2D eigenvalue weighted by molar-refractivity contribution is -0.137. The van der Waals surface area contributed by atoms with Gasteiger partial charge in [0.15, 0.2) is 11.5 Å². The molecular weight excluding hydrogens is 232 g/mol. The van der Waals surface area contributed by atoms with E-state index in [1.807, 2.05) is 19.1 Å². The highest BCUT2D eigenvalue weighted by molar-refractivity contribution is 5.87. The lowest BCUT2D eigenvalue weighted by atomic mass is 10.1. The quantitative estimate of drug-likeness (QED) is 0.595. The van der Waals surface area contributed by atoms with Gasteiger partial charge in [-0.25, -0.2) is 4.79 Å². The molecule has 0 spiro atoms. The lowest BCUT2D eigenvalue weighted by Crippen LogP contribution is -1.99. The predicted molar refractivity (Wildman–Crippen MR) is 70.0 cm³/mol. The number of carbonyl (C=O) groups excluding carboxylic acids is 1. The molecule has 0 radical (unpaired) electrons. The standard InChI is InChI=1S/C14H18O4/c1-5-18-12(15)9-8-11-7-6-10(2)13(16-3)14(11)17-4/h6-9H,5H2,1-4H3/b9-8+. The van der Waals surface area contributed by atoms with Crippen LogP contribution in [0.25, 0.3) is 6.08 Å². The number of esters is 1. The minimum absolute atomic E-state index is 0.359. The van der Waals surface area contributed by atoms with Crippen LogP contribution in [0.5, 0.6) is 11.5 Å². The lowest BCUT2D eigenvalue weighted by Gasteiger charge is -2.12. The largest absolute Gasteiger partial charge is 0.493 e. The van der Waals surface area contributed by atoms with E-state index in [0.717, 1.165) is 11.1 Å². The Hall–Kier alpha value is -1.97. The first-order chi connectivity index (χ1) is 8.63. The summed E-state index contributed by atoms with van der Waals surface area (Å²) in [4.78, 5) is 11.3. The Labute approximate surface area is 107 Å². The van der Waals surface area contributed by atoms with E-state index in [9.17, 15) is 4.79 Å². The molecule has 98 valence electrons. The maximum Gasteiger partial charge on any atom is 0.330 e. The van der Waals surface area contributed by atoms with Crippen molar-refractivity contribution in [1.82, 2.24) is 0 Å². The molecule has 0 heterocycles. The van der Waals surface area contributed by atoms with E-state index in [4.69, 9.17) is 14.2 Å². The summed E-state index contributed by atoms with van der Waals surface area (Å²) in [5, 5.41) is 0. The zero-order chi connectivity index (χ0) is 13.5. The second-order valence-corrected chi connectivity index (χ2v) is 3.62. The van der Waals surface area contributed by atoms with Crippen LogP contribution in [0.3, 0.4) is 0 Å².